The number of hydrogen-bond acceptors (Lipinski definition) is 4. The lowest BCUT2D eigenvalue weighted by Crippen LogP contribution is -2.18. The van der Waals surface area contributed by atoms with Crippen LogP contribution in [-0.2, 0) is 9.47 Å². The van der Waals surface area contributed by atoms with Gasteiger partial charge in [-0.2, -0.15) is 0 Å². The normalized spacial score (nSPS) is 17.3. The minimum atomic E-state index is -0.872. The van der Waals surface area contributed by atoms with Crippen molar-refractivity contribution in [1.29, 1.82) is 0 Å². The minimum absolute atomic E-state index is 0.0811. The number of carbonyl (C=O) groups is 2. The van der Waals surface area contributed by atoms with Gasteiger partial charge in [-0.05, 0) is 32.6 Å². The lowest BCUT2D eigenvalue weighted by Gasteiger charge is -2.20. The third kappa shape index (κ3) is 4.86. The number of ether oxygens (including phenoxy) is 2. The van der Waals surface area contributed by atoms with Crippen LogP contribution in [0.1, 0.15) is 39.0 Å². The highest BCUT2D eigenvalue weighted by molar-refractivity contribution is 5.73. The molecule has 0 aliphatic heterocycles. The van der Waals surface area contributed by atoms with Gasteiger partial charge in [-0.25, -0.2) is 9.59 Å². The van der Waals surface area contributed by atoms with Gasteiger partial charge in [-0.3, -0.25) is 0 Å². The SMILES string of the molecule is CCOC(=O)/N=N/C(=O)OC1CCCCC1. The summed E-state index contributed by atoms with van der Waals surface area (Å²) in [6, 6.07) is 0. The van der Waals surface area contributed by atoms with Gasteiger partial charge in [-0.15, -0.1) is 0 Å². The average Bonchev–Trinajstić information content (AvgIpc) is 2.28. The summed E-state index contributed by atoms with van der Waals surface area (Å²) in [7, 11) is 0. The maximum absolute atomic E-state index is 11.1. The first-order chi connectivity index (χ1) is 7.72. The molecule has 6 nitrogen and oxygen atoms in total. The summed E-state index contributed by atoms with van der Waals surface area (Å²) in [6.45, 7) is 1.85. The zero-order valence-corrected chi connectivity index (χ0v) is 9.35. The highest BCUT2D eigenvalue weighted by Crippen LogP contribution is 2.20. The molecule has 2 amide bonds. The van der Waals surface area contributed by atoms with E-state index < -0.39 is 12.2 Å². The number of azo groups is 1. The second-order valence-electron chi connectivity index (χ2n) is 3.54. The van der Waals surface area contributed by atoms with Crippen LogP contribution in [0.4, 0.5) is 9.59 Å². The Hall–Kier alpha value is -1.46. The van der Waals surface area contributed by atoms with Gasteiger partial charge in [0.1, 0.15) is 6.10 Å². The van der Waals surface area contributed by atoms with Gasteiger partial charge in [0, 0.05) is 0 Å². The molecule has 0 atom stereocenters. The van der Waals surface area contributed by atoms with Crippen molar-refractivity contribution in [2.24, 2.45) is 10.2 Å². The molecule has 90 valence electrons. The molecule has 0 bridgehead atoms. The fraction of sp³-hybridized carbons (Fsp3) is 0.800. The van der Waals surface area contributed by atoms with Crippen molar-refractivity contribution in [1.82, 2.24) is 0 Å². The molecule has 1 fully saturated rings. The van der Waals surface area contributed by atoms with E-state index in [-0.39, 0.29) is 12.7 Å². The maximum Gasteiger partial charge on any atom is 0.452 e. The Morgan fingerprint density at radius 2 is 1.75 bits per heavy atom. The van der Waals surface area contributed by atoms with E-state index in [0.717, 1.165) is 25.7 Å². The molecule has 0 heterocycles. The van der Waals surface area contributed by atoms with Crippen molar-refractivity contribution in [3.8, 4) is 0 Å². The van der Waals surface area contributed by atoms with Gasteiger partial charge in [0.25, 0.3) is 0 Å². The third-order valence-electron chi connectivity index (χ3n) is 2.30. The fourth-order valence-corrected chi connectivity index (χ4v) is 1.58. The van der Waals surface area contributed by atoms with Crippen molar-refractivity contribution in [3.63, 3.8) is 0 Å². The van der Waals surface area contributed by atoms with Crippen LogP contribution in [0, 0.1) is 0 Å². The Balaban J connectivity index is 2.26. The molecule has 0 radical (unpaired) electrons. The molecule has 16 heavy (non-hydrogen) atoms. The van der Waals surface area contributed by atoms with Crippen LogP contribution in [0.15, 0.2) is 10.2 Å². The van der Waals surface area contributed by atoms with Crippen molar-refractivity contribution >= 4 is 12.2 Å². The highest BCUT2D eigenvalue weighted by atomic mass is 16.6. The summed E-state index contributed by atoms with van der Waals surface area (Å²) in [4.78, 5) is 21.9. The smallest absolute Gasteiger partial charge is 0.447 e. The highest BCUT2D eigenvalue weighted by Gasteiger charge is 2.17. The number of rotatable bonds is 2. The largest absolute Gasteiger partial charge is 0.452 e. The third-order valence-corrected chi connectivity index (χ3v) is 2.30. The molecular weight excluding hydrogens is 212 g/mol. The van der Waals surface area contributed by atoms with E-state index in [0.29, 0.717) is 0 Å². The molecular formula is C10H16N2O4. The zero-order valence-electron chi connectivity index (χ0n) is 9.35. The predicted octanol–water partition coefficient (Wildman–Crippen LogP) is 3.06. The van der Waals surface area contributed by atoms with E-state index >= 15 is 0 Å². The number of carbonyl (C=O) groups excluding carboxylic acids is 2. The van der Waals surface area contributed by atoms with E-state index in [9.17, 15) is 9.59 Å². The molecule has 0 aromatic heterocycles. The maximum atomic E-state index is 11.1. The Bertz CT molecular complexity index is 272. The molecule has 0 saturated heterocycles. The molecule has 0 N–H and O–H groups in total. The van der Waals surface area contributed by atoms with Gasteiger partial charge in [0.05, 0.1) is 6.61 Å². The molecule has 1 saturated carbocycles. The van der Waals surface area contributed by atoms with E-state index in [4.69, 9.17) is 4.74 Å². The molecule has 1 aliphatic carbocycles. The van der Waals surface area contributed by atoms with Crippen molar-refractivity contribution in [2.75, 3.05) is 6.61 Å². The Kier molecular flexibility index (Phi) is 5.45. The minimum Gasteiger partial charge on any atom is -0.447 e. The topological polar surface area (TPSA) is 77.3 Å². The van der Waals surface area contributed by atoms with Gasteiger partial charge in [0.15, 0.2) is 0 Å². The van der Waals surface area contributed by atoms with E-state index in [1.165, 1.54) is 6.42 Å². The van der Waals surface area contributed by atoms with Crippen LogP contribution < -0.4 is 0 Å². The van der Waals surface area contributed by atoms with Crippen LogP contribution in [-0.4, -0.2) is 24.9 Å². The zero-order chi connectivity index (χ0) is 11.8. The van der Waals surface area contributed by atoms with E-state index in [1.54, 1.807) is 6.92 Å². The molecule has 0 unspecified atom stereocenters. The molecule has 0 spiro atoms. The van der Waals surface area contributed by atoms with Gasteiger partial charge >= 0.3 is 12.2 Å². The van der Waals surface area contributed by atoms with Crippen LogP contribution in [0.5, 0.6) is 0 Å². The number of amides is 2. The Morgan fingerprint density at radius 3 is 2.38 bits per heavy atom. The standard InChI is InChI=1S/C10H16N2O4/c1-2-15-9(13)11-12-10(14)16-8-6-4-3-5-7-8/h8H,2-7H2,1H3/b12-11+. The number of hydrogen-bond donors (Lipinski definition) is 0. The summed E-state index contributed by atoms with van der Waals surface area (Å²) in [5.41, 5.74) is 0. The van der Waals surface area contributed by atoms with Crippen molar-refractivity contribution < 1.29 is 19.1 Å². The summed E-state index contributed by atoms with van der Waals surface area (Å²) >= 11 is 0. The van der Waals surface area contributed by atoms with Crippen molar-refractivity contribution in [3.05, 3.63) is 0 Å². The summed E-state index contributed by atoms with van der Waals surface area (Å²) in [5.74, 6) is 0. The molecule has 0 aromatic carbocycles. The van der Waals surface area contributed by atoms with E-state index in [2.05, 4.69) is 15.0 Å². The van der Waals surface area contributed by atoms with Gasteiger partial charge in [-0.1, -0.05) is 16.6 Å². The Morgan fingerprint density at radius 1 is 1.12 bits per heavy atom. The predicted molar refractivity (Wildman–Crippen MR) is 55.2 cm³/mol. The van der Waals surface area contributed by atoms with Crippen LogP contribution in [0.25, 0.3) is 0 Å². The summed E-state index contributed by atoms with van der Waals surface area (Å²) in [6.07, 6.45) is 3.25. The molecule has 0 aromatic rings. The second-order valence-corrected chi connectivity index (χ2v) is 3.54. The first kappa shape index (κ1) is 12.6. The van der Waals surface area contributed by atoms with Gasteiger partial charge < -0.3 is 9.47 Å². The fourth-order valence-electron chi connectivity index (χ4n) is 1.58. The van der Waals surface area contributed by atoms with Crippen LogP contribution in [0.2, 0.25) is 0 Å². The molecule has 6 heteroatoms. The number of nitrogens with zero attached hydrogens (tertiary/aromatic N) is 2. The second kappa shape index (κ2) is 6.92. The molecule has 1 rings (SSSR count). The monoisotopic (exact) mass is 228 g/mol. The lowest BCUT2D eigenvalue weighted by molar-refractivity contribution is 0.0813. The summed E-state index contributed by atoms with van der Waals surface area (Å²) in [5, 5.41) is 6.19. The van der Waals surface area contributed by atoms with Crippen LogP contribution in [0.3, 0.4) is 0 Å². The van der Waals surface area contributed by atoms with Crippen LogP contribution >= 0.6 is 0 Å². The summed E-state index contributed by atoms with van der Waals surface area (Å²) < 4.78 is 9.49. The Labute approximate surface area is 94.0 Å². The quantitative estimate of drug-likeness (QED) is 0.680. The molecule has 1 aliphatic rings. The van der Waals surface area contributed by atoms with Gasteiger partial charge in [0.2, 0.25) is 0 Å². The van der Waals surface area contributed by atoms with Crippen molar-refractivity contribution in [2.45, 2.75) is 45.1 Å². The lowest BCUT2D eigenvalue weighted by atomic mass is 9.98. The first-order valence-corrected chi connectivity index (χ1v) is 5.51. The van der Waals surface area contributed by atoms with E-state index in [1.807, 2.05) is 0 Å². The first-order valence-electron chi connectivity index (χ1n) is 5.51. The average molecular weight is 228 g/mol.